The first-order chi connectivity index (χ1) is 14.1. The van der Waals surface area contributed by atoms with Crippen molar-refractivity contribution in [3.05, 3.63) is 59.4 Å². The first-order valence-corrected chi connectivity index (χ1v) is 9.28. The van der Waals surface area contributed by atoms with Gasteiger partial charge in [-0.25, -0.2) is 5.48 Å². The number of carbonyl (C=O) groups is 2. The van der Waals surface area contributed by atoms with Crippen LogP contribution >= 0.6 is 0 Å². The van der Waals surface area contributed by atoms with Gasteiger partial charge in [0.25, 0.3) is 5.91 Å². The molecule has 0 unspecified atom stereocenters. The quantitative estimate of drug-likeness (QED) is 0.435. The molecule has 1 aliphatic heterocycles. The van der Waals surface area contributed by atoms with Crippen LogP contribution in [0.15, 0.2) is 42.7 Å². The van der Waals surface area contributed by atoms with E-state index in [9.17, 15) is 14.8 Å². The van der Waals surface area contributed by atoms with Crippen LogP contribution in [0, 0.1) is 0 Å². The first kappa shape index (κ1) is 20.7. The highest BCUT2D eigenvalue weighted by Gasteiger charge is 2.29. The molecule has 0 spiro atoms. The van der Waals surface area contributed by atoms with Crippen LogP contribution in [-0.4, -0.2) is 59.3 Å². The van der Waals surface area contributed by atoms with Crippen LogP contribution in [0.1, 0.15) is 21.5 Å². The Morgan fingerprint density at radius 1 is 1.24 bits per heavy atom. The Hall–Kier alpha value is -3.01. The summed E-state index contributed by atoms with van der Waals surface area (Å²) >= 11 is 0. The summed E-state index contributed by atoms with van der Waals surface area (Å²) in [6.45, 7) is 2.41. The van der Waals surface area contributed by atoms with Gasteiger partial charge in [-0.3, -0.25) is 24.7 Å². The number of amides is 2. The predicted molar refractivity (Wildman–Crippen MR) is 103 cm³/mol. The van der Waals surface area contributed by atoms with E-state index in [1.165, 1.54) is 0 Å². The van der Waals surface area contributed by atoms with Crippen LogP contribution in [0.5, 0.6) is 5.75 Å². The Balaban J connectivity index is 1.82. The van der Waals surface area contributed by atoms with E-state index in [0.717, 1.165) is 5.56 Å². The van der Waals surface area contributed by atoms with Gasteiger partial charge in [-0.05, 0) is 47.9 Å². The standard InChI is InChI=1S/C20H24N4O5/c21-19(25)17-2-1-16(29-13-14-3-5-22-6-4-14)11-15(17)12-18(20(26)23-27)24-7-9-28-10-8-24/h1-6,11,18,27H,7-10,12-13H2,(H2,21,25)(H,23,26)/t18-/m0/s1. The maximum absolute atomic E-state index is 12.3. The number of rotatable bonds is 8. The number of hydrogen-bond donors (Lipinski definition) is 3. The number of nitrogens with two attached hydrogens (primary N) is 1. The van der Waals surface area contributed by atoms with Crippen molar-refractivity contribution >= 4 is 11.8 Å². The average molecular weight is 400 g/mol. The second kappa shape index (κ2) is 9.97. The normalized spacial score (nSPS) is 15.5. The van der Waals surface area contributed by atoms with Crippen molar-refractivity contribution in [3.63, 3.8) is 0 Å². The summed E-state index contributed by atoms with van der Waals surface area (Å²) in [4.78, 5) is 30.1. The third-order valence-corrected chi connectivity index (χ3v) is 4.81. The highest BCUT2D eigenvalue weighted by atomic mass is 16.5. The minimum Gasteiger partial charge on any atom is -0.489 e. The summed E-state index contributed by atoms with van der Waals surface area (Å²) in [5.74, 6) is -0.594. The number of benzene rings is 1. The molecule has 0 saturated carbocycles. The van der Waals surface area contributed by atoms with Crippen LogP contribution < -0.4 is 16.0 Å². The average Bonchev–Trinajstić information content (AvgIpc) is 2.76. The van der Waals surface area contributed by atoms with Gasteiger partial charge in [0.1, 0.15) is 12.4 Å². The van der Waals surface area contributed by atoms with Gasteiger partial charge in [0.2, 0.25) is 5.91 Å². The number of primary amides is 1. The number of ether oxygens (including phenoxy) is 2. The van der Waals surface area contributed by atoms with Crippen molar-refractivity contribution in [2.24, 2.45) is 5.73 Å². The van der Waals surface area contributed by atoms with Crippen molar-refractivity contribution in [3.8, 4) is 5.75 Å². The van der Waals surface area contributed by atoms with E-state index < -0.39 is 17.9 Å². The summed E-state index contributed by atoms with van der Waals surface area (Å²) in [7, 11) is 0. The summed E-state index contributed by atoms with van der Waals surface area (Å²) in [5.41, 5.74) is 9.07. The minimum atomic E-state index is -0.669. The highest BCUT2D eigenvalue weighted by Crippen LogP contribution is 2.22. The minimum absolute atomic E-state index is 0.192. The summed E-state index contributed by atoms with van der Waals surface area (Å²) in [5, 5.41) is 9.18. The zero-order chi connectivity index (χ0) is 20.6. The first-order valence-electron chi connectivity index (χ1n) is 9.28. The van der Waals surface area contributed by atoms with Gasteiger partial charge in [-0.1, -0.05) is 0 Å². The SMILES string of the molecule is NC(=O)c1ccc(OCc2ccncc2)cc1C[C@@H](C(=O)NO)N1CCOCC1. The molecule has 2 amide bonds. The Morgan fingerprint density at radius 3 is 2.62 bits per heavy atom. The maximum Gasteiger partial charge on any atom is 0.261 e. The number of nitrogens with zero attached hydrogens (tertiary/aromatic N) is 2. The fourth-order valence-corrected chi connectivity index (χ4v) is 3.27. The molecule has 0 bridgehead atoms. The van der Waals surface area contributed by atoms with Crippen molar-refractivity contribution in [1.29, 1.82) is 0 Å². The van der Waals surface area contributed by atoms with Gasteiger partial charge in [0, 0.05) is 31.0 Å². The molecule has 1 aromatic carbocycles. The zero-order valence-electron chi connectivity index (χ0n) is 15.9. The summed E-state index contributed by atoms with van der Waals surface area (Å²) in [6.07, 6.45) is 3.55. The Bertz CT molecular complexity index is 840. The van der Waals surface area contributed by atoms with Crippen molar-refractivity contribution in [2.45, 2.75) is 19.1 Å². The number of nitrogens with one attached hydrogen (secondary N) is 1. The molecule has 2 aromatic rings. The third-order valence-electron chi connectivity index (χ3n) is 4.81. The predicted octanol–water partition coefficient (Wildman–Crippen LogP) is 0.508. The Morgan fingerprint density at radius 2 is 1.97 bits per heavy atom. The molecule has 1 atom stereocenters. The van der Waals surface area contributed by atoms with Crippen LogP contribution in [0.3, 0.4) is 0 Å². The maximum atomic E-state index is 12.3. The van der Waals surface area contributed by atoms with E-state index in [2.05, 4.69) is 4.98 Å². The second-order valence-electron chi connectivity index (χ2n) is 6.67. The highest BCUT2D eigenvalue weighted by molar-refractivity contribution is 5.95. The molecule has 1 aliphatic rings. The lowest BCUT2D eigenvalue weighted by molar-refractivity contribution is -0.136. The molecule has 4 N–H and O–H groups in total. The molecule has 3 rings (SSSR count). The molecule has 9 nitrogen and oxygen atoms in total. The lowest BCUT2D eigenvalue weighted by atomic mass is 9.97. The summed E-state index contributed by atoms with van der Waals surface area (Å²) < 4.78 is 11.2. The molecule has 2 heterocycles. The van der Waals surface area contributed by atoms with Crippen LogP contribution in [0.2, 0.25) is 0 Å². The largest absolute Gasteiger partial charge is 0.489 e. The van der Waals surface area contributed by atoms with Gasteiger partial charge in [0.15, 0.2) is 0 Å². The molecule has 0 aliphatic carbocycles. The number of morpholine rings is 1. The number of hydroxylamine groups is 1. The van der Waals surface area contributed by atoms with Gasteiger partial charge >= 0.3 is 0 Å². The summed E-state index contributed by atoms with van der Waals surface area (Å²) in [6, 6.07) is 7.99. The van der Waals surface area contributed by atoms with Gasteiger partial charge in [-0.2, -0.15) is 0 Å². The topological polar surface area (TPSA) is 127 Å². The van der Waals surface area contributed by atoms with Crippen LogP contribution in [-0.2, 0) is 22.6 Å². The molecule has 1 aromatic heterocycles. The molecule has 154 valence electrons. The lowest BCUT2D eigenvalue weighted by Crippen LogP contribution is -2.51. The van der Waals surface area contributed by atoms with Crippen molar-refractivity contribution in [2.75, 3.05) is 26.3 Å². The van der Waals surface area contributed by atoms with E-state index in [1.54, 1.807) is 36.1 Å². The van der Waals surface area contributed by atoms with Gasteiger partial charge in [-0.15, -0.1) is 0 Å². The molecule has 29 heavy (non-hydrogen) atoms. The lowest BCUT2D eigenvalue weighted by Gasteiger charge is -2.33. The van der Waals surface area contributed by atoms with Gasteiger partial charge in [0.05, 0.1) is 19.3 Å². The molecular formula is C20H24N4O5. The molecule has 0 radical (unpaired) electrons. The number of hydrogen-bond acceptors (Lipinski definition) is 7. The van der Waals surface area contributed by atoms with Crippen molar-refractivity contribution < 1.29 is 24.3 Å². The second-order valence-corrected chi connectivity index (χ2v) is 6.67. The third kappa shape index (κ3) is 5.50. The molecule has 1 fully saturated rings. The van der Waals surface area contributed by atoms with E-state index in [0.29, 0.717) is 49.8 Å². The molecule has 9 heteroatoms. The van der Waals surface area contributed by atoms with E-state index in [-0.39, 0.29) is 6.42 Å². The molecule has 1 saturated heterocycles. The fraction of sp³-hybridized carbons (Fsp3) is 0.350. The van der Waals surface area contributed by atoms with Crippen LogP contribution in [0.4, 0.5) is 0 Å². The van der Waals surface area contributed by atoms with E-state index in [4.69, 9.17) is 15.2 Å². The Labute approximate surface area is 168 Å². The molecular weight excluding hydrogens is 376 g/mol. The Kier molecular flexibility index (Phi) is 7.12. The monoisotopic (exact) mass is 400 g/mol. The van der Waals surface area contributed by atoms with E-state index >= 15 is 0 Å². The number of carbonyl (C=O) groups excluding carboxylic acids is 2. The van der Waals surface area contributed by atoms with Crippen molar-refractivity contribution in [1.82, 2.24) is 15.4 Å². The number of pyridine rings is 1. The van der Waals surface area contributed by atoms with Gasteiger partial charge < -0.3 is 15.2 Å². The zero-order valence-corrected chi connectivity index (χ0v) is 15.9. The van der Waals surface area contributed by atoms with Crippen LogP contribution in [0.25, 0.3) is 0 Å². The van der Waals surface area contributed by atoms with E-state index in [1.807, 2.05) is 17.0 Å². The fourth-order valence-electron chi connectivity index (χ4n) is 3.27. The number of aromatic nitrogens is 1. The smallest absolute Gasteiger partial charge is 0.261 e.